The van der Waals surface area contributed by atoms with Gasteiger partial charge in [0.05, 0.1) is 4.88 Å². The molecule has 1 amide bonds. The fraction of sp³-hybridized carbons (Fsp3) is 0.583. The molecule has 4 heteroatoms. The first-order chi connectivity index (χ1) is 7.70. The maximum atomic E-state index is 12.1. The number of rotatable bonds is 2. The summed E-state index contributed by atoms with van der Waals surface area (Å²) in [5.74, 6) is 0.203. The van der Waals surface area contributed by atoms with Crippen LogP contribution in [0.25, 0.3) is 0 Å². The molecule has 1 aliphatic heterocycles. The van der Waals surface area contributed by atoms with Crippen molar-refractivity contribution in [3.05, 3.63) is 21.9 Å². The molecule has 3 nitrogen and oxygen atoms in total. The highest BCUT2D eigenvalue weighted by molar-refractivity contribution is 7.12. The van der Waals surface area contributed by atoms with Crippen molar-refractivity contribution < 1.29 is 4.79 Å². The number of likely N-dealkylation sites (N-methyl/N-ethyl adjacent to an activating group) is 1. The van der Waals surface area contributed by atoms with Gasteiger partial charge in [-0.25, -0.2) is 0 Å². The van der Waals surface area contributed by atoms with Crippen molar-refractivity contribution in [1.29, 1.82) is 0 Å². The van der Waals surface area contributed by atoms with Crippen molar-refractivity contribution in [3.8, 4) is 0 Å². The van der Waals surface area contributed by atoms with E-state index < -0.39 is 0 Å². The van der Waals surface area contributed by atoms with E-state index in [1.807, 2.05) is 23.3 Å². The van der Waals surface area contributed by atoms with Crippen molar-refractivity contribution in [2.24, 2.45) is 0 Å². The lowest BCUT2D eigenvalue weighted by Crippen LogP contribution is -2.48. The smallest absolute Gasteiger partial charge is 0.264 e. The predicted molar refractivity (Wildman–Crippen MR) is 67.1 cm³/mol. The third kappa shape index (κ3) is 2.44. The van der Waals surface area contributed by atoms with Crippen LogP contribution in [0.3, 0.4) is 0 Å². The summed E-state index contributed by atoms with van der Waals surface area (Å²) < 4.78 is 0. The Morgan fingerprint density at radius 1 is 1.38 bits per heavy atom. The zero-order valence-electron chi connectivity index (χ0n) is 9.90. The van der Waals surface area contributed by atoms with Crippen LogP contribution in [-0.2, 0) is 0 Å². The first-order valence-electron chi connectivity index (χ1n) is 5.77. The van der Waals surface area contributed by atoms with Crippen molar-refractivity contribution in [2.75, 3.05) is 32.7 Å². The standard InChI is InChI=1S/C12H18N2OS/c1-3-13-4-6-14(7-5-13)12(15)11-8-10(2)9-16-11/h8-9H,3-7H2,1-2H3. The molecule has 0 spiro atoms. The van der Waals surface area contributed by atoms with Gasteiger partial charge in [-0.1, -0.05) is 6.92 Å². The van der Waals surface area contributed by atoms with Gasteiger partial charge in [0.15, 0.2) is 0 Å². The van der Waals surface area contributed by atoms with E-state index in [1.54, 1.807) is 11.3 Å². The molecule has 1 fully saturated rings. The number of carbonyl (C=O) groups is 1. The maximum Gasteiger partial charge on any atom is 0.264 e. The number of thiophene rings is 1. The minimum absolute atomic E-state index is 0.203. The topological polar surface area (TPSA) is 23.6 Å². The van der Waals surface area contributed by atoms with Gasteiger partial charge in [-0.3, -0.25) is 4.79 Å². The van der Waals surface area contributed by atoms with Gasteiger partial charge in [-0.2, -0.15) is 0 Å². The number of nitrogens with zero attached hydrogens (tertiary/aromatic N) is 2. The average molecular weight is 238 g/mol. The van der Waals surface area contributed by atoms with Gasteiger partial charge in [0.1, 0.15) is 0 Å². The summed E-state index contributed by atoms with van der Waals surface area (Å²) in [6, 6.07) is 1.99. The molecule has 1 aromatic heterocycles. The Labute approximate surface area is 101 Å². The number of hydrogen-bond acceptors (Lipinski definition) is 3. The Morgan fingerprint density at radius 3 is 2.56 bits per heavy atom. The van der Waals surface area contributed by atoms with E-state index in [9.17, 15) is 4.79 Å². The first-order valence-corrected chi connectivity index (χ1v) is 6.65. The molecule has 0 aliphatic carbocycles. The molecule has 0 unspecified atom stereocenters. The highest BCUT2D eigenvalue weighted by Gasteiger charge is 2.21. The second kappa shape index (κ2) is 4.97. The SMILES string of the molecule is CCN1CCN(C(=O)c2cc(C)cs2)CC1. The van der Waals surface area contributed by atoms with E-state index in [-0.39, 0.29) is 5.91 Å². The molecule has 0 aromatic carbocycles. The number of aryl methyl sites for hydroxylation is 1. The van der Waals surface area contributed by atoms with Gasteiger partial charge in [0.25, 0.3) is 5.91 Å². The third-order valence-electron chi connectivity index (χ3n) is 3.05. The van der Waals surface area contributed by atoms with Crippen LogP contribution in [0.5, 0.6) is 0 Å². The molecular formula is C12H18N2OS. The fourth-order valence-electron chi connectivity index (χ4n) is 1.97. The molecule has 16 heavy (non-hydrogen) atoms. The highest BCUT2D eigenvalue weighted by atomic mass is 32.1. The van der Waals surface area contributed by atoms with Crippen LogP contribution in [0.2, 0.25) is 0 Å². The molecule has 0 saturated carbocycles. The van der Waals surface area contributed by atoms with Crippen LogP contribution >= 0.6 is 11.3 Å². The van der Waals surface area contributed by atoms with Gasteiger partial charge in [-0.15, -0.1) is 11.3 Å². The molecular weight excluding hydrogens is 220 g/mol. The molecule has 1 aliphatic rings. The molecule has 0 radical (unpaired) electrons. The monoisotopic (exact) mass is 238 g/mol. The summed E-state index contributed by atoms with van der Waals surface area (Å²) in [4.78, 5) is 17.4. The lowest BCUT2D eigenvalue weighted by atomic mass is 10.2. The average Bonchev–Trinajstić information content (AvgIpc) is 2.75. The Bertz CT molecular complexity index is 367. The van der Waals surface area contributed by atoms with Crippen molar-refractivity contribution in [1.82, 2.24) is 9.80 Å². The van der Waals surface area contributed by atoms with Gasteiger partial charge < -0.3 is 9.80 Å². The zero-order chi connectivity index (χ0) is 11.5. The molecule has 0 atom stereocenters. The van der Waals surface area contributed by atoms with E-state index >= 15 is 0 Å². The Kier molecular flexibility index (Phi) is 3.61. The summed E-state index contributed by atoms with van der Waals surface area (Å²) >= 11 is 1.55. The molecule has 2 rings (SSSR count). The Hall–Kier alpha value is -0.870. The van der Waals surface area contributed by atoms with Gasteiger partial charge in [0, 0.05) is 26.2 Å². The summed E-state index contributed by atoms with van der Waals surface area (Å²) in [5, 5.41) is 2.04. The second-order valence-corrected chi connectivity index (χ2v) is 5.13. The maximum absolute atomic E-state index is 12.1. The van der Waals surface area contributed by atoms with E-state index in [0.29, 0.717) is 0 Å². The molecule has 1 saturated heterocycles. The minimum Gasteiger partial charge on any atom is -0.335 e. The van der Waals surface area contributed by atoms with Gasteiger partial charge in [0.2, 0.25) is 0 Å². The van der Waals surface area contributed by atoms with E-state index in [2.05, 4.69) is 11.8 Å². The van der Waals surface area contributed by atoms with Crippen LogP contribution in [0, 0.1) is 6.92 Å². The second-order valence-electron chi connectivity index (χ2n) is 4.21. The first kappa shape index (κ1) is 11.6. The Balaban J connectivity index is 1.96. The number of amides is 1. The minimum atomic E-state index is 0.203. The number of hydrogen-bond donors (Lipinski definition) is 0. The summed E-state index contributed by atoms with van der Waals surface area (Å²) in [7, 11) is 0. The van der Waals surface area contributed by atoms with E-state index in [1.165, 1.54) is 5.56 Å². The van der Waals surface area contributed by atoms with Crippen LogP contribution in [-0.4, -0.2) is 48.4 Å². The van der Waals surface area contributed by atoms with Crippen LogP contribution < -0.4 is 0 Å². The van der Waals surface area contributed by atoms with Gasteiger partial charge in [-0.05, 0) is 30.5 Å². The summed E-state index contributed by atoms with van der Waals surface area (Å²) in [5.41, 5.74) is 1.18. The number of piperazine rings is 1. The summed E-state index contributed by atoms with van der Waals surface area (Å²) in [6.45, 7) is 9.02. The molecule has 2 heterocycles. The molecule has 88 valence electrons. The number of carbonyl (C=O) groups excluding carboxylic acids is 1. The third-order valence-corrected chi connectivity index (χ3v) is 4.08. The fourth-order valence-corrected chi connectivity index (χ4v) is 2.83. The van der Waals surface area contributed by atoms with E-state index in [4.69, 9.17) is 0 Å². The predicted octanol–water partition coefficient (Wildman–Crippen LogP) is 1.83. The lowest BCUT2D eigenvalue weighted by Gasteiger charge is -2.33. The van der Waals surface area contributed by atoms with Crippen molar-refractivity contribution in [3.63, 3.8) is 0 Å². The van der Waals surface area contributed by atoms with E-state index in [0.717, 1.165) is 37.6 Å². The zero-order valence-corrected chi connectivity index (χ0v) is 10.7. The molecule has 0 N–H and O–H groups in total. The van der Waals surface area contributed by atoms with Crippen molar-refractivity contribution >= 4 is 17.2 Å². The normalized spacial score (nSPS) is 17.8. The van der Waals surface area contributed by atoms with Crippen molar-refractivity contribution in [2.45, 2.75) is 13.8 Å². The largest absolute Gasteiger partial charge is 0.335 e. The quantitative estimate of drug-likeness (QED) is 0.785. The van der Waals surface area contributed by atoms with Gasteiger partial charge >= 0.3 is 0 Å². The van der Waals surface area contributed by atoms with Crippen LogP contribution in [0.4, 0.5) is 0 Å². The van der Waals surface area contributed by atoms with Crippen LogP contribution in [0.1, 0.15) is 22.2 Å². The highest BCUT2D eigenvalue weighted by Crippen LogP contribution is 2.17. The van der Waals surface area contributed by atoms with Crippen LogP contribution in [0.15, 0.2) is 11.4 Å². The lowest BCUT2D eigenvalue weighted by molar-refractivity contribution is 0.0648. The molecule has 1 aromatic rings. The summed E-state index contributed by atoms with van der Waals surface area (Å²) in [6.07, 6.45) is 0. The molecule has 0 bridgehead atoms. The Morgan fingerprint density at radius 2 is 2.06 bits per heavy atom.